The molecule has 0 unspecified atom stereocenters. The highest BCUT2D eigenvalue weighted by atomic mass is 32.1. The van der Waals surface area contributed by atoms with Crippen LogP contribution in [0.2, 0.25) is 0 Å². The van der Waals surface area contributed by atoms with Gasteiger partial charge in [0, 0.05) is 25.7 Å². The summed E-state index contributed by atoms with van der Waals surface area (Å²) in [5.41, 5.74) is 1.01. The van der Waals surface area contributed by atoms with Crippen LogP contribution in [-0.4, -0.2) is 65.4 Å². The maximum absolute atomic E-state index is 13.1. The summed E-state index contributed by atoms with van der Waals surface area (Å²) in [6.45, 7) is 4.70. The summed E-state index contributed by atoms with van der Waals surface area (Å²) < 4.78 is 0. The largest absolute Gasteiger partial charge is 0.368 e. The van der Waals surface area contributed by atoms with Crippen molar-refractivity contribution in [2.45, 2.75) is 32.2 Å². The number of fused-ring (bicyclic) bond motifs is 3. The van der Waals surface area contributed by atoms with E-state index in [0.717, 1.165) is 52.5 Å². The molecule has 1 saturated heterocycles. The normalized spacial score (nSPS) is 22.3. The van der Waals surface area contributed by atoms with E-state index in [1.165, 1.54) is 24.2 Å². The second-order valence-corrected chi connectivity index (χ2v) is 8.48. The maximum atomic E-state index is 13.1. The molecule has 1 N–H and O–H groups in total. The molecule has 0 aromatic carbocycles. The van der Waals surface area contributed by atoms with Gasteiger partial charge in [-0.2, -0.15) is 0 Å². The van der Waals surface area contributed by atoms with Crippen LogP contribution in [0.5, 0.6) is 0 Å². The van der Waals surface area contributed by atoms with Crippen molar-refractivity contribution in [3.8, 4) is 0 Å². The molecule has 25 heavy (non-hydrogen) atoms. The Morgan fingerprint density at radius 3 is 2.92 bits per heavy atom. The van der Waals surface area contributed by atoms with Crippen molar-refractivity contribution in [1.29, 1.82) is 0 Å². The number of piperidine rings is 1. The van der Waals surface area contributed by atoms with Gasteiger partial charge < -0.3 is 15.1 Å². The lowest BCUT2D eigenvalue weighted by atomic mass is 10.1. The number of nitrogens with one attached hydrogen (secondary N) is 1. The molecule has 2 fully saturated rings. The number of hydrogen-bond donors (Lipinski definition) is 1. The number of nitrogens with zero attached hydrogens (tertiary/aromatic N) is 4. The molecule has 1 aliphatic heterocycles. The molecule has 2 aromatic rings. The highest BCUT2D eigenvalue weighted by molar-refractivity contribution is 7.20. The molecule has 3 heterocycles. The number of likely N-dealkylation sites (tertiary alicyclic amines) is 1. The third kappa shape index (κ3) is 3.00. The fourth-order valence-corrected chi connectivity index (χ4v) is 5.22. The number of aromatic nitrogens is 2. The molecule has 134 valence electrons. The van der Waals surface area contributed by atoms with Crippen molar-refractivity contribution in [1.82, 2.24) is 19.8 Å². The van der Waals surface area contributed by atoms with E-state index in [9.17, 15) is 4.79 Å². The molecule has 2 aliphatic rings. The van der Waals surface area contributed by atoms with Gasteiger partial charge >= 0.3 is 0 Å². The zero-order valence-corrected chi connectivity index (χ0v) is 15.9. The number of carbonyl (C=O) groups excluding carboxylic acids is 1. The van der Waals surface area contributed by atoms with Crippen LogP contribution in [0, 0.1) is 12.8 Å². The molecular formula is C18H25N5OS. The number of hydrogen-bond acceptors (Lipinski definition) is 6. The third-order valence-corrected chi connectivity index (χ3v) is 6.63. The molecule has 1 saturated carbocycles. The number of amides is 1. The zero-order chi connectivity index (χ0) is 17.6. The lowest BCUT2D eigenvalue weighted by Gasteiger charge is -2.26. The lowest BCUT2D eigenvalue weighted by molar-refractivity contribution is 0.0708. The molecule has 0 radical (unpaired) electrons. The summed E-state index contributed by atoms with van der Waals surface area (Å²) in [7, 11) is 4.10. The van der Waals surface area contributed by atoms with Crippen LogP contribution in [0.15, 0.2) is 6.33 Å². The minimum absolute atomic E-state index is 0.187. The Bertz CT molecular complexity index is 802. The Balaban J connectivity index is 1.62. The second kappa shape index (κ2) is 6.53. The van der Waals surface area contributed by atoms with E-state index >= 15 is 0 Å². The van der Waals surface area contributed by atoms with Crippen molar-refractivity contribution in [2.24, 2.45) is 5.92 Å². The van der Waals surface area contributed by atoms with Crippen LogP contribution in [-0.2, 0) is 0 Å². The topological polar surface area (TPSA) is 61.4 Å². The maximum Gasteiger partial charge on any atom is 0.264 e. The lowest BCUT2D eigenvalue weighted by Crippen LogP contribution is -2.37. The monoisotopic (exact) mass is 359 g/mol. The number of aryl methyl sites for hydroxylation is 1. The van der Waals surface area contributed by atoms with Gasteiger partial charge in [0.25, 0.3) is 5.91 Å². The van der Waals surface area contributed by atoms with E-state index in [1.54, 1.807) is 6.33 Å². The minimum atomic E-state index is 0.187. The molecule has 0 spiro atoms. The molecule has 2 atom stereocenters. The van der Waals surface area contributed by atoms with E-state index in [0.29, 0.717) is 12.0 Å². The Morgan fingerprint density at radius 1 is 1.40 bits per heavy atom. The summed E-state index contributed by atoms with van der Waals surface area (Å²) in [5, 5.41) is 4.40. The quantitative estimate of drug-likeness (QED) is 0.889. The summed E-state index contributed by atoms with van der Waals surface area (Å²) in [6, 6.07) is 0.450. The van der Waals surface area contributed by atoms with E-state index < -0.39 is 0 Å². The van der Waals surface area contributed by atoms with E-state index in [4.69, 9.17) is 0 Å². The van der Waals surface area contributed by atoms with Crippen molar-refractivity contribution in [3.05, 3.63) is 16.8 Å². The molecule has 7 heteroatoms. The molecule has 6 nitrogen and oxygen atoms in total. The van der Waals surface area contributed by atoms with Gasteiger partial charge in [-0.3, -0.25) is 4.79 Å². The van der Waals surface area contributed by atoms with Crippen LogP contribution in [0.1, 0.15) is 34.5 Å². The predicted octanol–water partition coefficient (Wildman–Crippen LogP) is 2.60. The van der Waals surface area contributed by atoms with Crippen LogP contribution < -0.4 is 5.32 Å². The highest BCUT2D eigenvalue weighted by Crippen LogP contribution is 2.40. The first-order valence-electron chi connectivity index (χ1n) is 8.98. The predicted molar refractivity (Wildman–Crippen MR) is 101 cm³/mol. The Labute approximate surface area is 152 Å². The van der Waals surface area contributed by atoms with Gasteiger partial charge in [0.15, 0.2) is 0 Å². The molecule has 1 amide bonds. The number of likely N-dealkylation sites (N-methyl/N-ethyl adjacent to an activating group) is 1. The van der Waals surface area contributed by atoms with E-state index in [2.05, 4.69) is 25.1 Å². The first-order valence-corrected chi connectivity index (χ1v) is 9.80. The minimum Gasteiger partial charge on any atom is -0.368 e. The number of thiophene rings is 1. The second-order valence-electron chi connectivity index (χ2n) is 7.48. The Hall–Kier alpha value is -1.73. The Morgan fingerprint density at radius 2 is 2.24 bits per heavy atom. The molecule has 1 aliphatic carbocycles. The summed E-state index contributed by atoms with van der Waals surface area (Å²) in [5.74, 6) is 1.74. The van der Waals surface area contributed by atoms with Crippen LogP contribution in [0.25, 0.3) is 10.2 Å². The summed E-state index contributed by atoms with van der Waals surface area (Å²) >= 11 is 1.51. The van der Waals surface area contributed by atoms with Gasteiger partial charge in [-0.1, -0.05) is 0 Å². The van der Waals surface area contributed by atoms with E-state index in [-0.39, 0.29) is 5.91 Å². The molecule has 4 rings (SSSR count). The van der Waals surface area contributed by atoms with Crippen LogP contribution >= 0.6 is 11.3 Å². The smallest absolute Gasteiger partial charge is 0.264 e. The van der Waals surface area contributed by atoms with Gasteiger partial charge in [0.05, 0.1) is 10.3 Å². The number of carbonyl (C=O) groups is 1. The number of anilines is 1. The number of rotatable bonds is 5. The van der Waals surface area contributed by atoms with Gasteiger partial charge in [0.2, 0.25) is 0 Å². The van der Waals surface area contributed by atoms with Gasteiger partial charge in [-0.15, -0.1) is 11.3 Å². The van der Waals surface area contributed by atoms with Crippen molar-refractivity contribution < 1.29 is 4.79 Å². The van der Waals surface area contributed by atoms with Gasteiger partial charge in [0.1, 0.15) is 17.0 Å². The van der Waals surface area contributed by atoms with E-state index in [1.807, 2.05) is 21.0 Å². The fraction of sp³-hybridized carbons (Fsp3) is 0.611. The zero-order valence-electron chi connectivity index (χ0n) is 15.1. The van der Waals surface area contributed by atoms with Crippen LogP contribution in [0.4, 0.5) is 5.82 Å². The molecule has 2 bridgehead atoms. The van der Waals surface area contributed by atoms with Crippen molar-refractivity contribution >= 4 is 33.3 Å². The van der Waals surface area contributed by atoms with Crippen LogP contribution in [0.3, 0.4) is 0 Å². The average molecular weight is 359 g/mol. The summed E-state index contributed by atoms with van der Waals surface area (Å²) in [6.07, 6.45) is 5.22. The first kappa shape index (κ1) is 16.7. The van der Waals surface area contributed by atoms with Gasteiger partial charge in [-0.05, 0) is 51.8 Å². The van der Waals surface area contributed by atoms with Gasteiger partial charge in [-0.25, -0.2) is 9.97 Å². The standard InChI is InChI=1S/C18H25N5OS/c1-11-14-16(19-6-7-22(2)3)20-10-21-17(14)25-15(11)18(24)23-9-12-4-5-13(23)8-12/h10,12-13H,4-9H2,1-3H3,(H,19,20,21)/t12-,13-/m0/s1. The highest BCUT2D eigenvalue weighted by Gasteiger charge is 2.41. The average Bonchev–Trinajstić information content (AvgIpc) is 3.29. The molecular weight excluding hydrogens is 334 g/mol. The summed E-state index contributed by atoms with van der Waals surface area (Å²) in [4.78, 5) is 27.9. The third-order valence-electron chi connectivity index (χ3n) is 5.44. The fourth-order valence-electron chi connectivity index (χ4n) is 4.11. The SMILES string of the molecule is Cc1c(C(=O)N2C[C@H]3CC[C@H]2C3)sc2ncnc(NCCN(C)C)c12. The Kier molecular flexibility index (Phi) is 4.37. The van der Waals surface area contributed by atoms with Crippen molar-refractivity contribution in [2.75, 3.05) is 39.0 Å². The molecule has 2 aromatic heterocycles. The van der Waals surface area contributed by atoms with Crippen molar-refractivity contribution in [3.63, 3.8) is 0 Å². The first-order chi connectivity index (χ1) is 12.0.